The van der Waals surface area contributed by atoms with E-state index in [2.05, 4.69) is 19.2 Å². The highest BCUT2D eigenvalue weighted by Gasteiger charge is 2.17. The van der Waals surface area contributed by atoms with Gasteiger partial charge in [0.25, 0.3) is 5.91 Å². The van der Waals surface area contributed by atoms with E-state index < -0.39 is 6.04 Å². The average Bonchev–Trinajstić information content (AvgIpc) is 2.62. The first kappa shape index (κ1) is 21.2. The third-order valence-corrected chi connectivity index (χ3v) is 4.23. The molecular weight excluding hydrogens is 314 g/mol. The molecule has 1 atom stereocenters. The van der Waals surface area contributed by atoms with Crippen molar-refractivity contribution in [3.63, 3.8) is 0 Å². The Kier molecular flexibility index (Phi) is 10.6. The third kappa shape index (κ3) is 8.71. The molecule has 0 bridgehead atoms. The SMILES string of the molecule is CCCCCCCOC(=O)C(C)NC(=O)c1ccc(CCCC)cc1. The summed E-state index contributed by atoms with van der Waals surface area (Å²) in [6, 6.07) is 6.94. The minimum Gasteiger partial charge on any atom is -0.464 e. The number of unbranched alkanes of at least 4 members (excludes halogenated alkanes) is 5. The van der Waals surface area contributed by atoms with Crippen LogP contribution in [0, 0.1) is 0 Å². The van der Waals surface area contributed by atoms with Crippen molar-refractivity contribution in [2.45, 2.75) is 78.2 Å². The predicted molar refractivity (Wildman–Crippen MR) is 102 cm³/mol. The Labute approximate surface area is 152 Å². The van der Waals surface area contributed by atoms with E-state index in [4.69, 9.17) is 4.74 Å². The number of aryl methyl sites for hydroxylation is 1. The summed E-state index contributed by atoms with van der Waals surface area (Å²) in [6.45, 7) is 6.42. The van der Waals surface area contributed by atoms with Gasteiger partial charge in [0.05, 0.1) is 6.61 Å². The number of hydrogen-bond donors (Lipinski definition) is 1. The van der Waals surface area contributed by atoms with Crippen LogP contribution in [0.4, 0.5) is 0 Å². The Morgan fingerprint density at radius 2 is 1.60 bits per heavy atom. The zero-order valence-corrected chi connectivity index (χ0v) is 16.0. The molecule has 0 fully saturated rings. The lowest BCUT2D eigenvalue weighted by molar-refractivity contribution is -0.145. The van der Waals surface area contributed by atoms with Gasteiger partial charge in [0.1, 0.15) is 6.04 Å². The first-order valence-corrected chi connectivity index (χ1v) is 9.64. The first-order valence-electron chi connectivity index (χ1n) is 9.64. The highest BCUT2D eigenvalue weighted by atomic mass is 16.5. The number of benzene rings is 1. The maximum absolute atomic E-state index is 12.2. The van der Waals surface area contributed by atoms with Gasteiger partial charge in [-0.1, -0.05) is 58.1 Å². The van der Waals surface area contributed by atoms with Gasteiger partial charge in [0.15, 0.2) is 0 Å². The Hall–Kier alpha value is -1.84. The van der Waals surface area contributed by atoms with Crippen LogP contribution in [-0.2, 0) is 16.0 Å². The van der Waals surface area contributed by atoms with Crippen LogP contribution in [0.5, 0.6) is 0 Å². The van der Waals surface area contributed by atoms with Crippen LogP contribution in [0.15, 0.2) is 24.3 Å². The summed E-state index contributed by atoms with van der Waals surface area (Å²) in [5.41, 5.74) is 1.80. The monoisotopic (exact) mass is 347 g/mol. The zero-order valence-electron chi connectivity index (χ0n) is 16.0. The van der Waals surface area contributed by atoms with Crippen LogP contribution in [0.2, 0.25) is 0 Å². The van der Waals surface area contributed by atoms with Gasteiger partial charge in [-0.3, -0.25) is 4.79 Å². The van der Waals surface area contributed by atoms with Gasteiger partial charge in [-0.05, 0) is 43.9 Å². The van der Waals surface area contributed by atoms with Crippen LogP contribution in [-0.4, -0.2) is 24.5 Å². The summed E-state index contributed by atoms with van der Waals surface area (Å²) in [6.07, 6.45) is 8.87. The number of hydrogen-bond acceptors (Lipinski definition) is 3. The number of carbonyl (C=O) groups is 2. The molecule has 0 saturated carbocycles. The molecule has 1 N–H and O–H groups in total. The summed E-state index contributed by atoms with van der Waals surface area (Å²) < 4.78 is 5.23. The van der Waals surface area contributed by atoms with E-state index in [0.717, 1.165) is 32.1 Å². The Morgan fingerprint density at radius 3 is 2.24 bits per heavy atom. The van der Waals surface area contributed by atoms with Gasteiger partial charge in [-0.2, -0.15) is 0 Å². The second-order valence-corrected chi connectivity index (χ2v) is 6.58. The van der Waals surface area contributed by atoms with Crippen LogP contribution in [0.1, 0.15) is 81.6 Å². The summed E-state index contributed by atoms with van der Waals surface area (Å²) in [7, 11) is 0. The largest absolute Gasteiger partial charge is 0.464 e. The van der Waals surface area contributed by atoms with Crippen LogP contribution in [0.25, 0.3) is 0 Å². The standard InChI is InChI=1S/C21H33NO3/c1-4-6-8-9-10-16-25-21(24)17(3)22-20(23)19-14-12-18(13-15-19)11-7-5-2/h12-15,17H,4-11,16H2,1-3H3,(H,22,23). The van der Waals surface area contributed by atoms with Crippen molar-refractivity contribution in [1.82, 2.24) is 5.32 Å². The fourth-order valence-electron chi connectivity index (χ4n) is 2.55. The second-order valence-electron chi connectivity index (χ2n) is 6.58. The van der Waals surface area contributed by atoms with E-state index in [1.807, 2.05) is 24.3 Å². The first-order chi connectivity index (χ1) is 12.1. The number of amides is 1. The van der Waals surface area contributed by atoms with Crippen molar-refractivity contribution >= 4 is 11.9 Å². The molecule has 0 heterocycles. The smallest absolute Gasteiger partial charge is 0.328 e. The lowest BCUT2D eigenvalue weighted by atomic mass is 10.1. The summed E-state index contributed by atoms with van der Waals surface area (Å²) >= 11 is 0. The zero-order chi connectivity index (χ0) is 18.5. The molecule has 0 aromatic heterocycles. The maximum atomic E-state index is 12.2. The number of nitrogens with one attached hydrogen (secondary N) is 1. The van der Waals surface area contributed by atoms with E-state index in [1.54, 1.807) is 6.92 Å². The van der Waals surface area contributed by atoms with Crippen molar-refractivity contribution in [2.24, 2.45) is 0 Å². The number of ether oxygens (including phenoxy) is 1. The van der Waals surface area contributed by atoms with Crippen LogP contribution < -0.4 is 5.32 Å². The van der Waals surface area contributed by atoms with Crippen molar-refractivity contribution in [1.29, 1.82) is 0 Å². The maximum Gasteiger partial charge on any atom is 0.328 e. The van der Waals surface area contributed by atoms with Crippen molar-refractivity contribution in [3.05, 3.63) is 35.4 Å². The number of rotatable bonds is 12. The molecule has 4 heteroatoms. The molecule has 0 saturated heterocycles. The van der Waals surface area contributed by atoms with E-state index in [0.29, 0.717) is 12.2 Å². The van der Waals surface area contributed by atoms with Gasteiger partial charge in [0.2, 0.25) is 0 Å². The van der Waals surface area contributed by atoms with Gasteiger partial charge in [-0.25, -0.2) is 4.79 Å². The average molecular weight is 347 g/mol. The van der Waals surface area contributed by atoms with Crippen molar-refractivity contribution in [3.8, 4) is 0 Å². The second kappa shape index (κ2) is 12.5. The quantitative estimate of drug-likeness (QED) is 0.442. The molecule has 0 aliphatic heterocycles. The third-order valence-electron chi connectivity index (χ3n) is 4.23. The molecule has 4 nitrogen and oxygen atoms in total. The molecule has 1 rings (SSSR count). The van der Waals surface area contributed by atoms with Crippen LogP contribution >= 0.6 is 0 Å². The Morgan fingerprint density at radius 1 is 0.960 bits per heavy atom. The molecule has 1 aromatic carbocycles. The number of esters is 1. The molecule has 0 aliphatic carbocycles. The summed E-state index contributed by atoms with van der Waals surface area (Å²) in [5, 5.41) is 2.71. The van der Waals surface area contributed by atoms with E-state index >= 15 is 0 Å². The molecular formula is C21H33NO3. The van der Waals surface area contributed by atoms with E-state index in [9.17, 15) is 9.59 Å². The lowest BCUT2D eigenvalue weighted by Crippen LogP contribution is -2.39. The molecule has 1 aromatic rings. The van der Waals surface area contributed by atoms with Crippen molar-refractivity contribution in [2.75, 3.05) is 6.61 Å². The highest BCUT2D eigenvalue weighted by molar-refractivity contribution is 5.96. The highest BCUT2D eigenvalue weighted by Crippen LogP contribution is 2.08. The van der Waals surface area contributed by atoms with Crippen LogP contribution in [0.3, 0.4) is 0 Å². The molecule has 0 spiro atoms. The van der Waals surface area contributed by atoms with E-state index in [-0.39, 0.29) is 11.9 Å². The van der Waals surface area contributed by atoms with Gasteiger partial charge >= 0.3 is 5.97 Å². The summed E-state index contributed by atoms with van der Waals surface area (Å²) in [5.74, 6) is -0.613. The minimum absolute atomic E-state index is 0.241. The lowest BCUT2D eigenvalue weighted by Gasteiger charge is -2.13. The van der Waals surface area contributed by atoms with E-state index in [1.165, 1.54) is 24.8 Å². The van der Waals surface area contributed by atoms with Crippen molar-refractivity contribution < 1.29 is 14.3 Å². The van der Waals surface area contributed by atoms with Gasteiger partial charge in [-0.15, -0.1) is 0 Å². The fourth-order valence-corrected chi connectivity index (χ4v) is 2.55. The number of carbonyl (C=O) groups excluding carboxylic acids is 2. The van der Waals surface area contributed by atoms with Gasteiger partial charge < -0.3 is 10.1 Å². The molecule has 1 amide bonds. The fraction of sp³-hybridized carbons (Fsp3) is 0.619. The molecule has 0 radical (unpaired) electrons. The molecule has 25 heavy (non-hydrogen) atoms. The predicted octanol–water partition coefficient (Wildman–Crippen LogP) is 4.66. The molecule has 140 valence electrons. The Balaban J connectivity index is 2.33. The normalized spacial score (nSPS) is 11.8. The topological polar surface area (TPSA) is 55.4 Å². The minimum atomic E-state index is -0.636. The molecule has 1 unspecified atom stereocenters. The summed E-state index contributed by atoms with van der Waals surface area (Å²) in [4.78, 5) is 24.1. The molecule has 0 aliphatic rings. The Bertz CT molecular complexity index is 510. The van der Waals surface area contributed by atoms with Gasteiger partial charge in [0, 0.05) is 5.56 Å².